The van der Waals surface area contributed by atoms with Crippen molar-refractivity contribution in [3.05, 3.63) is 71.4 Å². The Morgan fingerprint density at radius 2 is 1.84 bits per heavy atom. The molecule has 0 unspecified atom stereocenters. The lowest BCUT2D eigenvalue weighted by molar-refractivity contribution is -0.151. The van der Waals surface area contributed by atoms with E-state index in [2.05, 4.69) is 4.98 Å². The fraction of sp³-hybridized carbons (Fsp3) is 0.320. The molecule has 31 heavy (non-hydrogen) atoms. The van der Waals surface area contributed by atoms with Crippen molar-refractivity contribution in [2.24, 2.45) is 5.92 Å². The topological polar surface area (TPSA) is 79.5 Å². The number of esters is 1. The number of rotatable bonds is 7. The van der Waals surface area contributed by atoms with E-state index in [0.29, 0.717) is 18.7 Å². The fourth-order valence-electron chi connectivity index (χ4n) is 4.18. The van der Waals surface area contributed by atoms with Crippen LogP contribution in [0.2, 0.25) is 0 Å². The molecule has 3 aromatic rings. The highest BCUT2D eigenvalue weighted by Gasteiger charge is 2.36. The molecule has 2 aromatic carbocycles. The van der Waals surface area contributed by atoms with E-state index in [0.717, 1.165) is 28.6 Å². The van der Waals surface area contributed by atoms with E-state index in [1.165, 1.54) is 0 Å². The number of aromatic amines is 1. The smallest absolute Gasteiger partial charge is 0.311 e. The van der Waals surface area contributed by atoms with Gasteiger partial charge in [0.15, 0.2) is 6.10 Å². The zero-order chi connectivity index (χ0) is 22.0. The van der Waals surface area contributed by atoms with E-state index in [-0.39, 0.29) is 18.1 Å². The van der Waals surface area contributed by atoms with E-state index in [4.69, 9.17) is 4.74 Å². The van der Waals surface area contributed by atoms with Gasteiger partial charge in [-0.25, -0.2) is 0 Å². The molecule has 0 radical (unpaired) electrons. The summed E-state index contributed by atoms with van der Waals surface area (Å²) in [4.78, 5) is 42.9. The number of ketones is 1. The molecule has 1 aliphatic heterocycles. The Morgan fingerprint density at radius 3 is 2.61 bits per heavy atom. The molecule has 2 heterocycles. The SMILES string of the molecule is Cc1[nH]c2ccccc2c1C(=O)[C@@H](C)OC(=O)[C@@H]1CC(=O)N(CCc2ccccc2)C1. The van der Waals surface area contributed by atoms with Crippen LogP contribution < -0.4 is 0 Å². The Balaban J connectivity index is 1.37. The number of carbonyl (C=O) groups excluding carboxylic acids is 3. The number of amides is 1. The molecule has 160 valence electrons. The number of nitrogens with one attached hydrogen (secondary N) is 1. The summed E-state index contributed by atoms with van der Waals surface area (Å²) in [6.45, 7) is 4.32. The van der Waals surface area contributed by atoms with Crippen LogP contribution in [0, 0.1) is 12.8 Å². The second kappa shape index (κ2) is 8.76. The second-order valence-electron chi connectivity index (χ2n) is 8.09. The van der Waals surface area contributed by atoms with Gasteiger partial charge in [-0.2, -0.15) is 0 Å². The van der Waals surface area contributed by atoms with Gasteiger partial charge >= 0.3 is 5.97 Å². The monoisotopic (exact) mass is 418 g/mol. The Morgan fingerprint density at radius 1 is 1.13 bits per heavy atom. The fourth-order valence-corrected chi connectivity index (χ4v) is 4.18. The lowest BCUT2D eigenvalue weighted by Crippen LogP contribution is -2.31. The Labute approximate surface area is 181 Å². The van der Waals surface area contributed by atoms with Crippen LogP contribution in [0.15, 0.2) is 54.6 Å². The van der Waals surface area contributed by atoms with Crippen molar-refractivity contribution in [1.29, 1.82) is 0 Å². The average molecular weight is 418 g/mol. The molecular weight excluding hydrogens is 392 g/mol. The van der Waals surface area contributed by atoms with Crippen LogP contribution in [-0.2, 0) is 20.7 Å². The minimum Gasteiger partial charge on any atom is -0.454 e. The van der Waals surface area contributed by atoms with Gasteiger partial charge in [-0.1, -0.05) is 48.5 Å². The van der Waals surface area contributed by atoms with Gasteiger partial charge in [0.2, 0.25) is 11.7 Å². The number of aryl methyl sites for hydroxylation is 1. The highest BCUT2D eigenvalue weighted by Crippen LogP contribution is 2.25. The van der Waals surface area contributed by atoms with Gasteiger partial charge in [-0.05, 0) is 31.9 Å². The molecular formula is C25H26N2O4. The van der Waals surface area contributed by atoms with Crippen LogP contribution in [0.4, 0.5) is 0 Å². The maximum Gasteiger partial charge on any atom is 0.311 e. The summed E-state index contributed by atoms with van der Waals surface area (Å²) in [5, 5.41) is 0.816. The third kappa shape index (κ3) is 4.38. The first-order valence-corrected chi connectivity index (χ1v) is 10.6. The van der Waals surface area contributed by atoms with Gasteiger partial charge in [0, 0.05) is 41.7 Å². The van der Waals surface area contributed by atoms with E-state index in [1.54, 1.807) is 11.8 Å². The predicted octanol–water partition coefficient (Wildman–Crippen LogP) is 3.68. The number of hydrogen-bond acceptors (Lipinski definition) is 4. The van der Waals surface area contributed by atoms with E-state index in [1.807, 2.05) is 61.5 Å². The van der Waals surface area contributed by atoms with Crippen molar-refractivity contribution in [3.63, 3.8) is 0 Å². The molecule has 1 saturated heterocycles. The predicted molar refractivity (Wildman–Crippen MR) is 118 cm³/mol. The van der Waals surface area contributed by atoms with Crippen molar-refractivity contribution >= 4 is 28.6 Å². The standard InChI is InChI=1S/C25H26N2O4/c1-16-23(20-10-6-7-11-21(20)26-16)24(29)17(2)31-25(30)19-14-22(28)27(15-19)13-12-18-8-4-3-5-9-18/h3-11,17,19,26H,12-15H2,1-2H3/t17-,19-/m1/s1. The Bertz CT molecular complexity index is 1120. The zero-order valence-corrected chi connectivity index (χ0v) is 17.8. The molecule has 4 rings (SSSR count). The molecule has 0 bridgehead atoms. The summed E-state index contributed by atoms with van der Waals surface area (Å²) in [6, 6.07) is 17.5. The third-order valence-electron chi connectivity index (χ3n) is 5.86. The zero-order valence-electron chi connectivity index (χ0n) is 17.8. The van der Waals surface area contributed by atoms with Crippen LogP contribution in [0.5, 0.6) is 0 Å². The number of benzene rings is 2. The second-order valence-corrected chi connectivity index (χ2v) is 8.09. The van der Waals surface area contributed by atoms with Gasteiger partial charge in [0.25, 0.3) is 0 Å². The molecule has 1 fully saturated rings. The number of likely N-dealkylation sites (tertiary alicyclic amines) is 1. The number of ether oxygens (including phenoxy) is 1. The summed E-state index contributed by atoms with van der Waals surface area (Å²) in [7, 11) is 0. The number of aromatic nitrogens is 1. The molecule has 0 saturated carbocycles. The maximum absolute atomic E-state index is 13.0. The van der Waals surface area contributed by atoms with Gasteiger partial charge in [-0.3, -0.25) is 14.4 Å². The normalized spacial score (nSPS) is 17.2. The lowest BCUT2D eigenvalue weighted by atomic mass is 10.0. The van der Waals surface area contributed by atoms with Gasteiger partial charge in [-0.15, -0.1) is 0 Å². The van der Waals surface area contributed by atoms with Crippen molar-refractivity contribution in [2.75, 3.05) is 13.1 Å². The molecule has 0 aliphatic carbocycles. The molecule has 2 atom stereocenters. The van der Waals surface area contributed by atoms with Crippen molar-refractivity contribution in [2.45, 2.75) is 32.8 Å². The molecule has 1 amide bonds. The molecule has 1 aliphatic rings. The minimum absolute atomic E-state index is 0.0515. The molecule has 1 aromatic heterocycles. The van der Waals surface area contributed by atoms with Crippen LogP contribution in [0.3, 0.4) is 0 Å². The van der Waals surface area contributed by atoms with Crippen LogP contribution in [-0.4, -0.2) is 46.7 Å². The molecule has 1 N–H and O–H groups in total. The Kier molecular flexibility index (Phi) is 5.89. The summed E-state index contributed by atoms with van der Waals surface area (Å²) in [5.74, 6) is -1.32. The first kappa shape index (κ1) is 20.8. The first-order chi connectivity index (χ1) is 14.9. The highest BCUT2D eigenvalue weighted by molar-refractivity contribution is 6.11. The van der Waals surface area contributed by atoms with Gasteiger partial charge < -0.3 is 14.6 Å². The highest BCUT2D eigenvalue weighted by atomic mass is 16.5. The third-order valence-corrected chi connectivity index (χ3v) is 5.86. The number of Topliss-reactive ketones (excluding diaryl/α,β-unsaturated/α-hetero) is 1. The van der Waals surface area contributed by atoms with Gasteiger partial charge in [0.1, 0.15) is 0 Å². The number of carbonyl (C=O) groups is 3. The molecule has 6 heteroatoms. The Hall–Kier alpha value is -3.41. The number of nitrogens with zero attached hydrogens (tertiary/aromatic N) is 1. The van der Waals surface area contributed by atoms with E-state index in [9.17, 15) is 14.4 Å². The summed E-state index contributed by atoms with van der Waals surface area (Å²) >= 11 is 0. The largest absolute Gasteiger partial charge is 0.454 e. The number of para-hydroxylation sites is 1. The van der Waals surface area contributed by atoms with Crippen LogP contribution >= 0.6 is 0 Å². The van der Waals surface area contributed by atoms with Crippen LogP contribution in [0.25, 0.3) is 10.9 Å². The van der Waals surface area contributed by atoms with Gasteiger partial charge in [0.05, 0.1) is 5.92 Å². The number of H-pyrrole nitrogens is 1. The number of hydrogen-bond donors (Lipinski definition) is 1. The lowest BCUT2D eigenvalue weighted by Gasteiger charge is -2.18. The van der Waals surface area contributed by atoms with Crippen molar-refractivity contribution in [3.8, 4) is 0 Å². The summed E-state index contributed by atoms with van der Waals surface area (Å²) in [5.41, 5.74) is 3.31. The molecule has 6 nitrogen and oxygen atoms in total. The first-order valence-electron chi connectivity index (χ1n) is 10.6. The summed E-state index contributed by atoms with van der Waals surface area (Å²) < 4.78 is 5.50. The maximum atomic E-state index is 13.0. The van der Waals surface area contributed by atoms with Crippen molar-refractivity contribution < 1.29 is 19.1 Å². The average Bonchev–Trinajstić information content (AvgIpc) is 3.31. The van der Waals surface area contributed by atoms with E-state index >= 15 is 0 Å². The quantitative estimate of drug-likeness (QED) is 0.469. The van der Waals surface area contributed by atoms with Crippen molar-refractivity contribution in [1.82, 2.24) is 9.88 Å². The minimum atomic E-state index is -0.918. The van der Waals surface area contributed by atoms with Crippen LogP contribution in [0.1, 0.15) is 35.0 Å². The molecule has 0 spiro atoms. The number of fused-ring (bicyclic) bond motifs is 1. The summed E-state index contributed by atoms with van der Waals surface area (Å²) in [6.07, 6.45) is -0.0529. The van der Waals surface area contributed by atoms with E-state index < -0.39 is 18.0 Å².